The lowest BCUT2D eigenvalue weighted by molar-refractivity contribution is -0.140. The van der Waals surface area contributed by atoms with E-state index >= 15 is 0 Å². The number of anilines is 1. The number of hydrogen-bond donors (Lipinski definition) is 1. The molecule has 1 saturated carbocycles. The zero-order valence-electron chi connectivity index (χ0n) is 24.9. The van der Waals surface area contributed by atoms with Crippen molar-refractivity contribution in [1.82, 2.24) is 39.5 Å². The first-order valence-corrected chi connectivity index (χ1v) is 15.0. The highest BCUT2D eigenvalue weighted by molar-refractivity contribution is 5.86. The molecule has 1 aliphatic carbocycles. The van der Waals surface area contributed by atoms with Crippen LogP contribution < -0.4 is 9.64 Å². The molecule has 1 saturated heterocycles. The van der Waals surface area contributed by atoms with Crippen LogP contribution in [0.2, 0.25) is 0 Å². The van der Waals surface area contributed by atoms with Crippen LogP contribution in [0.25, 0.3) is 33.9 Å². The maximum Gasteiger partial charge on any atom is 0.434 e. The molecule has 2 fully saturated rings. The Morgan fingerprint density at radius 3 is 2.49 bits per heavy atom. The number of imidazole rings is 2. The lowest BCUT2D eigenvalue weighted by Crippen LogP contribution is -2.40. The number of alkyl halides is 3. The molecule has 14 heteroatoms. The normalized spacial score (nSPS) is 15.9. The standard InChI is InChI=1S/C31H32F3N9O2/c1-3-42-15-22(31(32,33)34)39-28(42)20-6-4-18(5-7-20)14-43(21-10-12-45-13-11-21)29-25-27(37-16-36-25)40-26(41-29)23-24(19-8-9-19)35-17-38-30(23)44-2/h4-7,15-17,19,21H,3,8-14H2,1-2H3,(H,36,37,40,41). The Kier molecular flexibility index (Phi) is 7.59. The Balaban J connectivity index is 1.28. The first-order valence-electron chi connectivity index (χ1n) is 15.0. The Morgan fingerprint density at radius 1 is 1.02 bits per heavy atom. The third-order valence-electron chi connectivity index (χ3n) is 8.37. The van der Waals surface area contributed by atoms with Crippen molar-refractivity contribution < 1.29 is 22.6 Å². The van der Waals surface area contributed by atoms with Crippen LogP contribution >= 0.6 is 0 Å². The van der Waals surface area contributed by atoms with E-state index in [2.05, 4.69) is 29.8 Å². The van der Waals surface area contributed by atoms with Gasteiger partial charge in [-0.05, 0) is 38.2 Å². The van der Waals surface area contributed by atoms with E-state index in [0.29, 0.717) is 72.0 Å². The molecule has 7 rings (SSSR count). The van der Waals surface area contributed by atoms with Gasteiger partial charge in [0.25, 0.3) is 0 Å². The van der Waals surface area contributed by atoms with Gasteiger partial charge in [-0.2, -0.15) is 13.2 Å². The quantitative estimate of drug-likeness (QED) is 0.219. The van der Waals surface area contributed by atoms with E-state index in [1.165, 1.54) is 10.9 Å². The lowest BCUT2D eigenvalue weighted by Gasteiger charge is -2.35. The molecule has 5 aromatic rings. The Hall–Kier alpha value is -4.59. The lowest BCUT2D eigenvalue weighted by atomic mass is 10.0. The van der Waals surface area contributed by atoms with E-state index in [1.54, 1.807) is 20.4 Å². The zero-order valence-corrected chi connectivity index (χ0v) is 24.9. The van der Waals surface area contributed by atoms with Crippen molar-refractivity contribution >= 4 is 17.0 Å². The number of benzene rings is 1. The minimum absolute atomic E-state index is 0.109. The van der Waals surface area contributed by atoms with Crippen LogP contribution in [0.4, 0.5) is 19.0 Å². The number of aromatic nitrogens is 8. The third kappa shape index (κ3) is 5.70. The summed E-state index contributed by atoms with van der Waals surface area (Å²) >= 11 is 0. The van der Waals surface area contributed by atoms with E-state index in [1.807, 2.05) is 24.3 Å². The predicted octanol–water partition coefficient (Wildman–Crippen LogP) is 5.78. The molecule has 5 heterocycles. The van der Waals surface area contributed by atoms with Crippen molar-refractivity contribution in [3.8, 4) is 28.7 Å². The molecule has 45 heavy (non-hydrogen) atoms. The zero-order chi connectivity index (χ0) is 31.1. The van der Waals surface area contributed by atoms with Crippen LogP contribution in [-0.4, -0.2) is 65.8 Å². The van der Waals surface area contributed by atoms with Gasteiger partial charge in [0.05, 0.1) is 19.1 Å². The fraction of sp³-hybridized carbons (Fsp3) is 0.419. The van der Waals surface area contributed by atoms with Gasteiger partial charge in [0.15, 0.2) is 23.0 Å². The van der Waals surface area contributed by atoms with Gasteiger partial charge in [-0.15, -0.1) is 0 Å². The van der Waals surface area contributed by atoms with Gasteiger partial charge in [-0.25, -0.2) is 29.9 Å². The average molecular weight is 620 g/mol. The smallest absolute Gasteiger partial charge is 0.434 e. The first-order chi connectivity index (χ1) is 21.8. The molecule has 1 N–H and O–H groups in total. The van der Waals surface area contributed by atoms with Crippen LogP contribution in [0.1, 0.15) is 55.5 Å². The molecule has 0 bridgehead atoms. The molecule has 0 unspecified atom stereocenters. The number of halogens is 3. The summed E-state index contributed by atoms with van der Waals surface area (Å²) in [5.41, 5.74) is 3.44. The average Bonchev–Trinajstić information content (AvgIpc) is 3.62. The number of aromatic amines is 1. The number of ether oxygens (including phenoxy) is 2. The topological polar surface area (TPSA) is 120 Å². The Morgan fingerprint density at radius 2 is 1.80 bits per heavy atom. The van der Waals surface area contributed by atoms with Crippen molar-refractivity contribution in [2.24, 2.45) is 0 Å². The molecule has 1 aromatic carbocycles. The first kappa shape index (κ1) is 29.1. The summed E-state index contributed by atoms with van der Waals surface area (Å²) in [6, 6.07) is 7.59. The highest BCUT2D eigenvalue weighted by atomic mass is 19.4. The van der Waals surface area contributed by atoms with Crippen LogP contribution in [0.15, 0.2) is 43.1 Å². The van der Waals surface area contributed by atoms with E-state index in [-0.39, 0.29) is 11.9 Å². The number of nitrogens with one attached hydrogen (secondary N) is 1. The maximum absolute atomic E-state index is 13.4. The second kappa shape index (κ2) is 11.7. The van der Waals surface area contributed by atoms with Crippen LogP contribution in [-0.2, 0) is 24.0 Å². The van der Waals surface area contributed by atoms with Gasteiger partial charge in [0.2, 0.25) is 5.88 Å². The minimum atomic E-state index is -4.51. The van der Waals surface area contributed by atoms with Crippen LogP contribution in [0.3, 0.4) is 0 Å². The highest BCUT2D eigenvalue weighted by Gasteiger charge is 2.35. The third-order valence-corrected chi connectivity index (χ3v) is 8.37. The fourth-order valence-electron chi connectivity index (χ4n) is 5.90. The molecule has 2 aliphatic rings. The molecular weight excluding hydrogens is 587 g/mol. The molecule has 4 aromatic heterocycles. The molecule has 11 nitrogen and oxygen atoms in total. The van der Waals surface area contributed by atoms with Gasteiger partial charge in [-0.1, -0.05) is 24.3 Å². The molecular formula is C31H32F3N9O2. The molecule has 1 aliphatic heterocycles. The van der Waals surface area contributed by atoms with E-state index in [0.717, 1.165) is 43.1 Å². The molecule has 0 spiro atoms. The molecule has 0 atom stereocenters. The van der Waals surface area contributed by atoms with Gasteiger partial charge in [-0.3, -0.25) is 0 Å². The van der Waals surface area contributed by atoms with Gasteiger partial charge < -0.3 is 23.9 Å². The number of aryl methyl sites for hydroxylation is 1. The molecule has 0 amide bonds. The summed E-state index contributed by atoms with van der Waals surface area (Å²) in [7, 11) is 1.57. The fourth-order valence-corrected chi connectivity index (χ4v) is 5.90. The monoisotopic (exact) mass is 619 g/mol. The van der Waals surface area contributed by atoms with Gasteiger partial charge in [0.1, 0.15) is 23.2 Å². The van der Waals surface area contributed by atoms with Gasteiger partial charge in [0, 0.05) is 50.0 Å². The van der Waals surface area contributed by atoms with Crippen molar-refractivity contribution in [3.05, 3.63) is 60.1 Å². The maximum atomic E-state index is 13.4. The summed E-state index contributed by atoms with van der Waals surface area (Å²) < 4.78 is 53.0. The molecule has 234 valence electrons. The SMILES string of the molecule is CCn1cc(C(F)(F)F)nc1-c1ccc(CN(c2nc(-c3c(OC)ncnc3C3CC3)nc3nc[nH]c23)C2CCOCC2)cc1. The van der Waals surface area contributed by atoms with E-state index in [4.69, 9.17) is 19.4 Å². The number of methoxy groups -OCH3 is 1. The summed E-state index contributed by atoms with van der Waals surface area (Å²) in [6.45, 7) is 3.90. The largest absolute Gasteiger partial charge is 0.480 e. The summed E-state index contributed by atoms with van der Waals surface area (Å²) in [6.07, 6.45) is 3.32. The number of fused-ring (bicyclic) bond motifs is 1. The van der Waals surface area contributed by atoms with E-state index < -0.39 is 11.9 Å². The van der Waals surface area contributed by atoms with E-state index in [9.17, 15) is 13.2 Å². The summed E-state index contributed by atoms with van der Waals surface area (Å²) in [5, 5.41) is 0. The van der Waals surface area contributed by atoms with Crippen LogP contribution in [0.5, 0.6) is 5.88 Å². The number of nitrogens with zero attached hydrogens (tertiary/aromatic N) is 8. The Labute approximate surface area is 256 Å². The predicted molar refractivity (Wildman–Crippen MR) is 160 cm³/mol. The van der Waals surface area contributed by atoms with Crippen molar-refractivity contribution in [3.63, 3.8) is 0 Å². The second-order valence-corrected chi connectivity index (χ2v) is 11.3. The summed E-state index contributed by atoms with van der Waals surface area (Å²) in [4.78, 5) is 32.8. The summed E-state index contributed by atoms with van der Waals surface area (Å²) in [5.74, 6) is 2.14. The van der Waals surface area contributed by atoms with Gasteiger partial charge >= 0.3 is 6.18 Å². The number of hydrogen-bond acceptors (Lipinski definition) is 9. The highest BCUT2D eigenvalue weighted by Crippen LogP contribution is 2.45. The number of rotatable bonds is 9. The van der Waals surface area contributed by atoms with Crippen LogP contribution in [0, 0.1) is 0 Å². The molecule has 0 radical (unpaired) electrons. The Bertz CT molecular complexity index is 1810. The van der Waals surface area contributed by atoms with Crippen molar-refractivity contribution in [2.75, 3.05) is 25.2 Å². The minimum Gasteiger partial charge on any atom is -0.480 e. The van der Waals surface area contributed by atoms with Crippen molar-refractivity contribution in [1.29, 1.82) is 0 Å². The second-order valence-electron chi connectivity index (χ2n) is 11.3. The number of H-pyrrole nitrogens is 1. The van der Waals surface area contributed by atoms with Crippen molar-refractivity contribution in [2.45, 2.75) is 63.8 Å².